The lowest BCUT2D eigenvalue weighted by molar-refractivity contribution is 0.0954. The predicted molar refractivity (Wildman–Crippen MR) is 105 cm³/mol. The number of nitrogens with one attached hydrogen (secondary N) is 3. The second-order valence-electron chi connectivity index (χ2n) is 5.84. The van der Waals surface area contributed by atoms with Gasteiger partial charge in [-0.1, -0.05) is 0 Å². The Bertz CT molecular complexity index is 810. The van der Waals surface area contributed by atoms with Gasteiger partial charge in [-0.05, 0) is 49.4 Å². The summed E-state index contributed by atoms with van der Waals surface area (Å²) in [6, 6.07) is 10.1. The standard InChI is InChI=1S/C20H24F2N4O2/c1-3-23-20(26-13-15-12-16(21)6-9-18(15)22)25-11-10-24-19(27)14-4-7-17(28-2)8-5-14/h4-9,12H,3,10-11,13H2,1-2H3,(H,24,27)(H2,23,25,26). The minimum Gasteiger partial charge on any atom is -0.497 e. The Morgan fingerprint density at radius 1 is 1.04 bits per heavy atom. The summed E-state index contributed by atoms with van der Waals surface area (Å²) in [5.41, 5.74) is 0.702. The van der Waals surface area contributed by atoms with Crippen LogP contribution < -0.4 is 20.7 Å². The first-order chi connectivity index (χ1) is 13.5. The van der Waals surface area contributed by atoms with Gasteiger partial charge in [0.1, 0.15) is 17.4 Å². The molecule has 8 heteroatoms. The van der Waals surface area contributed by atoms with Gasteiger partial charge in [-0.2, -0.15) is 0 Å². The molecule has 0 fully saturated rings. The molecule has 0 unspecified atom stereocenters. The van der Waals surface area contributed by atoms with Crippen molar-refractivity contribution in [3.63, 3.8) is 0 Å². The SMILES string of the molecule is CCNC(=NCc1cc(F)ccc1F)NCCNC(=O)c1ccc(OC)cc1. The van der Waals surface area contributed by atoms with Crippen molar-refractivity contribution in [3.05, 3.63) is 65.2 Å². The molecule has 2 aromatic carbocycles. The number of nitrogens with zero attached hydrogens (tertiary/aromatic N) is 1. The van der Waals surface area contributed by atoms with Crippen molar-refractivity contribution >= 4 is 11.9 Å². The van der Waals surface area contributed by atoms with Gasteiger partial charge in [0.2, 0.25) is 0 Å². The lowest BCUT2D eigenvalue weighted by Crippen LogP contribution is -2.41. The summed E-state index contributed by atoms with van der Waals surface area (Å²) in [5.74, 6) is -0.0870. The average molecular weight is 390 g/mol. The molecule has 0 aromatic heterocycles. The van der Waals surface area contributed by atoms with Crippen LogP contribution >= 0.6 is 0 Å². The predicted octanol–water partition coefficient (Wildman–Crippen LogP) is 2.46. The van der Waals surface area contributed by atoms with Crippen molar-refractivity contribution < 1.29 is 18.3 Å². The zero-order chi connectivity index (χ0) is 20.4. The molecule has 0 aliphatic rings. The number of methoxy groups -OCH3 is 1. The van der Waals surface area contributed by atoms with Crippen molar-refractivity contribution in [2.45, 2.75) is 13.5 Å². The molecule has 0 bridgehead atoms. The van der Waals surface area contributed by atoms with Gasteiger partial charge in [-0.3, -0.25) is 4.79 Å². The molecule has 150 valence electrons. The van der Waals surface area contributed by atoms with Crippen molar-refractivity contribution in [1.82, 2.24) is 16.0 Å². The van der Waals surface area contributed by atoms with Crippen LogP contribution in [0.25, 0.3) is 0 Å². The molecule has 0 radical (unpaired) electrons. The Kier molecular flexibility index (Phi) is 8.20. The third kappa shape index (κ3) is 6.53. The van der Waals surface area contributed by atoms with E-state index in [9.17, 15) is 13.6 Å². The molecule has 0 spiro atoms. The van der Waals surface area contributed by atoms with E-state index in [1.807, 2.05) is 6.92 Å². The second kappa shape index (κ2) is 10.9. The zero-order valence-corrected chi connectivity index (χ0v) is 15.9. The highest BCUT2D eigenvalue weighted by molar-refractivity contribution is 5.94. The molecule has 2 rings (SSSR count). The van der Waals surface area contributed by atoms with Crippen LogP contribution in [0.2, 0.25) is 0 Å². The largest absolute Gasteiger partial charge is 0.497 e. The number of halogens is 2. The van der Waals surface area contributed by atoms with Crippen LogP contribution in [0.3, 0.4) is 0 Å². The van der Waals surface area contributed by atoms with E-state index in [1.54, 1.807) is 31.4 Å². The molecule has 0 aliphatic heterocycles. The van der Waals surface area contributed by atoms with Crippen LogP contribution in [0.5, 0.6) is 5.75 Å². The number of carbonyl (C=O) groups excluding carboxylic acids is 1. The van der Waals surface area contributed by atoms with Crippen LogP contribution in [0, 0.1) is 11.6 Å². The number of guanidine groups is 1. The molecule has 28 heavy (non-hydrogen) atoms. The van der Waals surface area contributed by atoms with Gasteiger partial charge in [-0.15, -0.1) is 0 Å². The number of benzene rings is 2. The highest BCUT2D eigenvalue weighted by Crippen LogP contribution is 2.11. The van der Waals surface area contributed by atoms with Crippen LogP contribution in [0.4, 0.5) is 8.78 Å². The van der Waals surface area contributed by atoms with Gasteiger partial charge in [-0.25, -0.2) is 13.8 Å². The summed E-state index contributed by atoms with van der Waals surface area (Å²) in [5, 5.41) is 8.84. The molecule has 0 aliphatic carbocycles. The average Bonchev–Trinajstić information content (AvgIpc) is 2.71. The van der Waals surface area contributed by atoms with Gasteiger partial charge in [0.25, 0.3) is 5.91 Å². The number of rotatable bonds is 8. The maximum atomic E-state index is 13.7. The quantitative estimate of drug-likeness (QED) is 0.368. The summed E-state index contributed by atoms with van der Waals surface area (Å²) in [7, 11) is 1.56. The molecule has 1 amide bonds. The fraction of sp³-hybridized carbons (Fsp3) is 0.300. The fourth-order valence-electron chi connectivity index (χ4n) is 2.37. The highest BCUT2D eigenvalue weighted by atomic mass is 19.1. The van der Waals surface area contributed by atoms with Gasteiger partial charge in [0, 0.05) is 30.8 Å². The van der Waals surface area contributed by atoms with E-state index < -0.39 is 11.6 Å². The number of hydrogen-bond donors (Lipinski definition) is 3. The minimum atomic E-state index is -0.509. The Balaban J connectivity index is 1.83. The third-order valence-electron chi connectivity index (χ3n) is 3.81. The Labute approximate surface area is 163 Å². The smallest absolute Gasteiger partial charge is 0.251 e. The highest BCUT2D eigenvalue weighted by Gasteiger charge is 2.06. The molecule has 0 saturated carbocycles. The number of carbonyl (C=O) groups is 1. The fourth-order valence-corrected chi connectivity index (χ4v) is 2.37. The molecule has 0 heterocycles. The number of ether oxygens (including phenoxy) is 1. The van der Waals surface area contributed by atoms with E-state index in [0.29, 0.717) is 36.9 Å². The third-order valence-corrected chi connectivity index (χ3v) is 3.81. The van der Waals surface area contributed by atoms with Gasteiger partial charge < -0.3 is 20.7 Å². The summed E-state index contributed by atoms with van der Waals surface area (Å²) < 4.78 is 32.0. The summed E-state index contributed by atoms with van der Waals surface area (Å²) in [6.07, 6.45) is 0. The van der Waals surface area contributed by atoms with E-state index in [4.69, 9.17) is 4.74 Å². The van der Waals surface area contributed by atoms with Gasteiger partial charge in [0.05, 0.1) is 13.7 Å². The first-order valence-electron chi connectivity index (χ1n) is 8.92. The Morgan fingerprint density at radius 2 is 1.75 bits per heavy atom. The van der Waals surface area contributed by atoms with Crippen molar-refractivity contribution in [1.29, 1.82) is 0 Å². The first kappa shape index (κ1) is 21.1. The number of aliphatic imine (C=N–C) groups is 1. The van der Waals surface area contributed by atoms with E-state index in [1.165, 1.54) is 0 Å². The zero-order valence-electron chi connectivity index (χ0n) is 15.9. The van der Waals surface area contributed by atoms with Crippen LogP contribution in [-0.4, -0.2) is 38.6 Å². The van der Waals surface area contributed by atoms with E-state index in [-0.39, 0.29) is 18.0 Å². The van der Waals surface area contributed by atoms with Crippen LogP contribution in [0.15, 0.2) is 47.5 Å². The van der Waals surface area contributed by atoms with Crippen LogP contribution in [0.1, 0.15) is 22.8 Å². The topological polar surface area (TPSA) is 74.8 Å². The first-order valence-corrected chi connectivity index (χ1v) is 8.92. The molecular formula is C20H24F2N4O2. The minimum absolute atomic E-state index is 0.00284. The van der Waals surface area contributed by atoms with Crippen LogP contribution in [-0.2, 0) is 6.54 Å². The van der Waals surface area contributed by atoms with Gasteiger partial charge >= 0.3 is 0 Å². The Hall–Kier alpha value is -3.16. The molecular weight excluding hydrogens is 366 g/mol. The summed E-state index contributed by atoms with van der Waals surface area (Å²) >= 11 is 0. The molecule has 0 saturated heterocycles. The summed E-state index contributed by atoms with van der Waals surface area (Å²) in [4.78, 5) is 16.3. The molecule has 2 aromatic rings. The van der Waals surface area contributed by atoms with Crippen molar-refractivity contribution in [2.24, 2.45) is 4.99 Å². The van der Waals surface area contributed by atoms with E-state index in [2.05, 4.69) is 20.9 Å². The lowest BCUT2D eigenvalue weighted by Gasteiger charge is -2.12. The van der Waals surface area contributed by atoms with Crippen molar-refractivity contribution in [3.8, 4) is 5.75 Å². The lowest BCUT2D eigenvalue weighted by atomic mass is 10.2. The normalized spacial score (nSPS) is 11.1. The molecule has 0 atom stereocenters. The van der Waals surface area contributed by atoms with E-state index in [0.717, 1.165) is 18.2 Å². The molecule has 6 nitrogen and oxygen atoms in total. The van der Waals surface area contributed by atoms with Crippen molar-refractivity contribution in [2.75, 3.05) is 26.7 Å². The monoisotopic (exact) mass is 390 g/mol. The maximum absolute atomic E-state index is 13.7. The number of hydrogen-bond acceptors (Lipinski definition) is 3. The van der Waals surface area contributed by atoms with Gasteiger partial charge in [0.15, 0.2) is 5.96 Å². The maximum Gasteiger partial charge on any atom is 0.251 e. The summed E-state index contributed by atoms with van der Waals surface area (Å²) in [6.45, 7) is 3.28. The number of amides is 1. The van der Waals surface area contributed by atoms with E-state index >= 15 is 0 Å². The second-order valence-corrected chi connectivity index (χ2v) is 5.84. The molecule has 3 N–H and O–H groups in total. The Morgan fingerprint density at radius 3 is 2.43 bits per heavy atom.